The van der Waals surface area contributed by atoms with Crippen LogP contribution >= 0.6 is 0 Å². The number of aryl methyl sites for hydroxylation is 8. The lowest BCUT2D eigenvalue weighted by molar-refractivity contribution is -0.658. The molecule has 3 aliphatic heterocycles. The normalized spacial score (nSPS) is 13.2. The SMILES string of the molecule is Cc1cccc(C)c1B1N(C)c2cccc(C)c2N1c1cccc[n+]1C.Cc1cccc2c1N(c1cccc[n+]1C)B(c1c(-c3ccccc3)cccc1-c1ccccc1)N2C.Cc1cccc2c1N(c1cccc[n+]1C)B(c1c(C(C)C)cccc1C(C)C)N2C. The van der Waals surface area contributed by atoms with Gasteiger partial charge in [-0.05, 0) is 165 Å². The number of para-hydroxylation sites is 3. The Morgan fingerprint density at radius 3 is 0.935 bits per heavy atom. The summed E-state index contributed by atoms with van der Waals surface area (Å²) >= 11 is 0. The van der Waals surface area contributed by atoms with Gasteiger partial charge in [-0.3, -0.25) is 14.4 Å². The van der Waals surface area contributed by atoms with Gasteiger partial charge >= 0.3 is 20.9 Å². The molecule has 0 fully saturated rings. The van der Waals surface area contributed by atoms with Gasteiger partial charge in [0.2, 0.25) is 0 Å². The van der Waals surface area contributed by atoms with Crippen LogP contribution in [0.4, 0.5) is 51.6 Å². The van der Waals surface area contributed by atoms with E-state index in [1.807, 2.05) is 0 Å². The Kier molecular flexibility index (Phi) is 17.8. The summed E-state index contributed by atoms with van der Waals surface area (Å²) in [5.74, 6) is 4.48. The molecule has 92 heavy (non-hydrogen) atoms. The number of benzene rings is 8. The van der Waals surface area contributed by atoms with Crippen molar-refractivity contribution in [1.29, 1.82) is 0 Å². The van der Waals surface area contributed by atoms with E-state index in [0.717, 1.165) is 5.82 Å². The van der Waals surface area contributed by atoms with Crippen molar-refractivity contribution in [2.24, 2.45) is 21.1 Å². The fraction of sp³-hybridized carbons (Fsp3) is 0.212. The van der Waals surface area contributed by atoms with E-state index in [4.69, 9.17) is 0 Å². The van der Waals surface area contributed by atoms with Crippen molar-refractivity contribution in [2.75, 3.05) is 50.0 Å². The first-order valence-corrected chi connectivity index (χ1v) is 32.6. The highest BCUT2D eigenvalue weighted by Gasteiger charge is 2.54. The smallest absolute Gasteiger partial charge is 0.369 e. The van der Waals surface area contributed by atoms with Crippen molar-refractivity contribution in [3.8, 4) is 22.3 Å². The Labute approximate surface area is 549 Å². The summed E-state index contributed by atoms with van der Waals surface area (Å²) in [5, 5.41) is 0. The van der Waals surface area contributed by atoms with Crippen molar-refractivity contribution in [1.82, 2.24) is 0 Å². The van der Waals surface area contributed by atoms with Crippen LogP contribution in [0, 0.1) is 34.6 Å². The van der Waals surface area contributed by atoms with Crippen LogP contribution in [0.25, 0.3) is 22.3 Å². The molecular weight excluding hydrogens is 1120 g/mol. The lowest BCUT2D eigenvalue weighted by Crippen LogP contribution is -2.58. The third-order valence-electron chi connectivity index (χ3n) is 19.2. The van der Waals surface area contributed by atoms with Gasteiger partial charge < -0.3 is 14.4 Å². The van der Waals surface area contributed by atoms with Crippen LogP contribution in [-0.4, -0.2) is 42.1 Å². The van der Waals surface area contributed by atoms with Crippen molar-refractivity contribution in [2.45, 2.75) is 74.1 Å². The minimum Gasteiger partial charge on any atom is -0.369 e. The van der Waals surface area contributed by atoms with E-state index in [0.29, 0.717) is 11.8 Å². The molecule has 0 spiro atoms. The monoisotopic (exact) mass is 1210 g/mol. The molecule has 11 aromatic rings. The first-order valence-electron chi connectivity index (χ1n) is 32.6. The first kappa shape index (κ1) is 62.4. The van der Waals surface area contributed by atoms with Crippen LogP contribution in [0.1, 0.15) is 78.5 Å². The fourth-order valence-electron chi connectivity index (χ4n) is 14.7. The van der Waals surface area contributed by atoms with Gasteiger partial charge in [0, 0.05) is 34.6 Å². The second-order valence-electron chi connectivity index (χ2n) is 25.9. The zero-order chi connectivity index (χ0) is 64.6. The molecule has 0 radical (unpaired) electrons. The van der Waals surface area contributed by atoms with Crippen LogP contribution in [0.2, 0.25) is 0 Å². The predicted molar refractivity (Wildman–Crippen MR) is 392 cm³/mol. The highest BCUT2D eigenvalue weighted by atomic mass is 15.3. The van der Waals surface area contributed by atoms with Crippen LogP contribution < -0.4 is 59.0 Å². The van der Waals surface area contributed by atoms with Gasteiger partial charge in [-0.25, -0.2) is 13.7 Å². The number of anilines is 9. The minimum atomic E-state index is -0.0266. The van der Waals surface area contributed by atoms with E-state index in [1.54, 1.807) is 0 Å². The molecule has 3 aromatic heterocycles. The Hall–Kier alpha value is -9.80. The van der Waals surface area contributed by atoms with Crippen molar-refractivity contribution >= 4 is 88.9 Å². The Balaban J connectivity index is 0.000000135. The van der Waals surface area contributed by atoms with Crippen molar-refractivity contribution < 1.29 is 13.7 Å². The molecule has 14 rings (SSSR count). The van der Waals surface area contributed by atoms with E-state index < -0.39 is 0 Å². The van der Waals surface area contributed by atoms with Crippen LogP contribution in [0.5, 0.6) is 0 Å². The second kappa shape index (κ2) is 26.2. The van der Waals surface area contributed by atoms with E-state index in [-0.39, 0.29) is 20.9 Å². The summed E-state index contributed by atoms with van der Waals surface area (Å²) in [6.07, 6.45) is 6.39. The molecule has 0 amide bonds. The average Bonchev–Trinajstić information content (AvgIpc) is 1.57. The van der Waals surface area contributed by atoms with Gasteiger partial charge in [-0.1, -0.05) is 198 Å². The highest BCUT2D eigenvalue weighted by molar-refractivity contribution is 6.86. The maximum absolute atomic E-state index is 2.54. The number of hydrogen-bond donors (Lipinski definition) is 0. The number of pyridine rings is 3. The zero-order valence-corrected chi connectivity index (χ0v) is 56.5. The predicted octanol–water partition coefficient (Wildman–Crippen LogP) is 14.6. The van der Waals surface area contributed by atoms with Gasteiger partial charge in [-0.15, -0.1) is 0 Å². The Morgan fingerprint density at radius 1 is 0.293 bits per heavy atom. The Morgan fingerprint density at radius 2 is 0.587 bits per heavy atom. The molecule has 0 unspecified atom stereocenters. The van der Waals surface area contributed by atoms with Crippen LogP contribution in [0.15, 0.2) is 243 Å². The van der Waals surface area contributed by atoms with Gasteiger partial charge in [0.15, 0.2) is 0 Å². The molecule has 0 saturated carbocycles. The molecule has 9 nitrogen and oxygen atoms in total. The van der Waals surface area contributed by atoms with E-state index >= 15 is 0 Å². The molecule has 3 aliphatic rings. The summed E-state index contributed by atoms with van der Waals surface area (Å²) < 4.78 is 6.65. The average molecular weight is 1210 g/mol. The van der Waals surface area contributed by atoms with Gasteiger partial charge in [0.25, 0.3) is 17.5 Å². The Bertz CT molecular complexity index is 4370. The van der Waals surface area contributed by atoms with Gasteiger partial charge in [0.1, 0.15) is 17.1 Å². The van der Waals surface area contributed by atoms with Crippen molar-refractivity contribution in [3.63, 3.8) is 0 Å². The number of nitrogens with zero attached hydrogens (tertiary/aromatic N) is 9. The fourth-order valence-corrected chi connectivity index (χ4v) is 14.7. The molecule has 0 N–H and O–H groups in total. The molecule has 0 aliphatic carbocycles. The quantitative estimate of drug-likeness (QED) is 0.100. The summed E-state index contributed by atoms with van der Waals surface area (Å²) in [6.45, 7) is 20.5. The number of aromatic nitrogens is 3. The minimum absolute atomic E-state index is 0.0266. The number of hydrogen-bond acceptors (Lipinski definition) is 6. The molecular formula is C80H87B3N9+3. The molecule has 0 atom stereocenters. The van der Waals surface area contributed by atoms with Crippen LogP contribution in [0.3, 0.4) is 0 Å². The standard InChI is InChI=1S/C32H29BN3.C26H33BN3.C22H25BN3/c1-24-14-12-21-29-32(24)36(30-22-10-11-23-34(30)2)33(35(29)3)31-27(25-15-6-4-7-16-25)19-13-20-28(31)26-17-8-5-9-18-26;1-18(2)21-13-11-14-22(19(3)4)25(21)27-29(7)23-15-10-12-20(5)26(23)30(27)24-16-8-9-17-28(24)6;1-16-10-8-11-17(2)21(16)23-25(5)19-13-9-12-18(3)22(19)26(23)20-14-6-7-15-24(20)4/h4-23H,1-3H3;8-19H,1-7H3;6-15H,1-5H3/q3*+1. The maximum Gasteiger partial charge on any atom is 0.538 e. The van der Waals surface area contributed by atoms with Crippen LogP contribution in [-0.2, 0) is 21.1 Å². The molecule has 8 aromatic carbocycles. The van der Waals surface area contributed by atoms with E-state index in [9.17, 15) is 0 Å². The number of rotatable bonds is 10. The highest BCUT2D eigenvalue weighted by Crippen LogP contribution is 2.47. The third-order valence-corrected chi connectivity index (χ3v) is 19.2. The molecule has 6 heterocycles. The zero-order valence-electron chi connectivity index (χ0n) is 56.5. The summed E-state index contributed by atoms with van der Waals surface area (Å²) in [5.41, 5.74) is 26.2. The largest absolute Gasteiger partial charge is 0.538 e. The molecule has 12 heteroatoms. The topological polar surface area (TPSA) is 31.1 Å². The third kappa shape index (κ3) is 11.3. The van der Waals surface area contributed by atoms with E-state index in [1.165, 1.54) is 123 Å². The molecule has 458 valence electrons. The number of fused-ring (bicyclic) bond motifs is 3. The summed E-state index contributed by atoms with van der Waals surface area (Å²) in [6, 6.07) is 80.9. The molecule has 0 saturated heterocycles. The lowest BCUT2D eigenvalue weighted by atomic mass is 9.59. The maximum atomic E-state index is 2.54. The molecule has 0 bridgehead atoms. The second-order valence-corrected chi connectivity index (χ2v) is 25.9. The summed E-state index contributed by atoms with van der Waals surface area (Å²) in [7, 11) is 13.1. The lowest BCUT2D eigenvalue weighted by Gasteiger charge is -2.27. The van der Waals surface area contributed by atoms with E-state index in [2.05, 4.69) is 390 Å². The first-order chi connectivity index (χ1) is 44.5. The van der Waals surface area contributed by atoms with Gasteiger partial charge in [0.05, 0.1) is 56.8 Å². The summed E-state index contributed by atoms with van der Waals surface area (Å²) in [4.78, 5) is 14.8. The van der Waals surface area contributed by atoms with Gasteiger partial charge in [-0.2, -0.15) is 0 Å². The van der Waals surface area contributed by atoms with Crippen molar-refractivity contribution in [3.05, 3.63) is 282 Å².